The van der Waals surface area contributed by atoms with Crippen molar-refractivity contribution in [3.8, 4) is 23.7 Å². The van der Waals surface area contributed by atoms with E-state index in [-0.39, 0.29) is 18.9 Å². The minimum atomic E-state index is -0.0825. The molecule has 0 bridgehead atoms. The molecule has 2 rings (SSSR count). The fourth-order valence-electron chi connectivity index (χ4n) is 1.68. The van der Waals surface area contributed by atoms with E-state index in [0.29, 0.717) is 19.0 Å². The molecule has 2 aromatic rings. The van der Waals surface area contributed by atoms with Gasteiger partial charge in [-0.15, -0.1) is 26.8 Å². The first-order valence-corrected chi connectivity index (χ1v) is 6.67. The zero-order chi connectivity index (χ0) is 15.6. The van der Waals surface area contributed by atoms with Crippen LogP contribution in [-0.2, 0) is 16.1 Å². The van der Waals surface area contributed by atoms with Gasteiger partial charge in [0.1, 0.15) is 6.61 Å². The summed E-state index contributed by atoms with van der Waals surface area (Å²) in [7, 11) is 0. The van der Waals surface area contributed by atoms with Gasteiger partial charge in [0.15, 0.2) is 6.33 Å². The molecule has 0 saturated heterocycles. The maximum absolute atomic E-state index is 11.6. The molecule has 1 aromatic heterocycles. The Morgan fingerprint density at radius 2 is 1.95 bits per heavy atom. The molecule has 0 aliphatic heterocycles. The second kappa shape index (κ2) is 8.44. The normalized spacial score (nSPS) is 9.95. The van der Waals surface area contributed by atoms with E-state index < -0.39 is 0 Å². The highest BCUT2D eigenvalue weighted by Gasteiger charge is 2.04. The van der Waals surface area contributed by atoms with Crippen molar-refractivity contribution in [2.45, 2.75) is 13.0 Å². The average Bonchev–Trinajstić information content (AvgIpc) is 2.58. The lowest BCUT2D eigenvalue weighted by atomic mass is 10.1. The summed E-state index contributed by atoms with van der Waals surface area (Å²) >= 11 is 0. The summed E-state index contributed by atoms with van der Waals surface area (Å²) in [6.45, 7) is 0.987. The van der Waals surface area contributed by atoms with E-state index >= 15 is 0 Å². The molecule has 0 atom stereocenters. The Bertz CT molecular complexity index is 637. The largest absolute Gasteiger partial charge is 0.368 e. The van der Waals surface area contributed by atoms with Gasteiger partial charge in [0, 0.05) is 12.1 Å². The molecule has 0 saturated carbocycles. The van der Waals surface area contributed by atoms with Gasteiger partial charge in [-0.25, -0.2) is 0 Å². The zero-order valence-corrected chi connectivity index (χ0v) is 11.9. The third kappa shape index (κ3) is 4.92. The highest BCUT2D eigenvalue weighted by atomic mass is 16.5. The van der Waals surface area contributed by atoms with Gasteiger partial charge < -0.3 is 10.1 Å². The first-order valence-electron chi connectivity index (χ1n) is 6.67. The molecule has 0 aliphatic rings. The van der Waals surface area contributed by atoms with Crippen LogP contribution in [0, 0.1) is 12.3 Å². The number of ether oxygens (including phenoxy) is 1. The van der Waals surface area contributed by atoms with Gasteiger partial charge >= 0.3 is 0 Å². The monoisotopic (exact) mass is 297 g/mol. The van der Waals surface area contributed by atoms with Crippen LogP contribution in [0.25, 0.3) is 11.4 Å². The second-order valence-corrected chi connectivity index (χ2v) is 4.35. The van der Waals surface area contributed by atoms with E-state index in [1.807, 2.05) is 24.3 Å². The van der Waals surface area contributed by atoms with Crippen LogP contribution < -0.4 is 5.32 Å². The average molecular weight is 297 g/mol. The first kappa shape index (κ1) is 15.5. The molecule has 22 heavy (non-hydrogen) atoms. The number of aromatic nitrogens is 4. The number of amides is 1. The standard InChI is InChI=1S/C15H15N5O2/c1-2-8-22-9-7-14(21)16-10-12-3-5-13(6-4-12)15-19-17-11-18-20-15/h1,3-6,11H,7-10H2,(H,16,21). The van der Waals surface area contributed by atoms with Crippen LogP contribution >= 0.6 is 0 Å². The number of rotatable bonds is 7. The van der Waals surface area contributed by atoms with Gasteiger partial charge in [0.2, 0.25) is 11.7 Å². The van der Waals surface area contributed by atoms with Gasteiger partial charge in [-0.05, 0) is 5.56 Å². The summed E-state index contributed by atoms with van der Waals surface area (Å²) in [4.78, 5) is 11.6. The number of nitrogens with one attached hydrogen (secondary N) is 1. The SMILES string of the molecule is C#CCOCCC(=O)NCc1ccc(-c2nncnn2)cc1. The predicted molar refractivity (Wildman–Crippen MR) is 79.2 cm³/mol. The van der Waals surface area contributed by atoms with Crippen molar-refractivity contribution >= 4 is 5.91 Å². The lowest BCUT2D eigenvalue weighted by Gasteiger charge is -2.06. The predicted octanol–water partition coefficient (Wildman–Crippen LogP) is 0.590. The fourth-order valence-corrected chi connectivity index (χ4v) is 1.68. The van der Waals surface area contributed by atoms with Gasteiger partial charge in [-0.1, -0.05) is 30.2 Å². The molecular formula is C15H15N5O2. The fraction of sp³-hybridized carbons (Fsp3) is 0.267. The van der Waals surface area contributed by atoms with Gasteiger partial charge in [-0.2, -0.15) is 0 Å². The van der Waals surface area contributed by atoms with E-state index in [1.54, 1.807) is 0 Å². The smallest absolute Gasteiger partial charge is 0.222 e. The van der Waals surface area contributed by atoms with Crippen LogP contribution in [0.15, 0.2) is 30.6 Å². The van der Waals surface area contributed by atoms with Crippen LogP contribution in [0.4, 0.5) is 0 Å². The lowest BCUT2D eigenvalue weighted by molar-refractivity contribution is -0.122. The molecule has 0 radical (unpaired) electrons. The van der Waals surface area contributed by atoms with E-state index in [2.05, 4.69) is 31.6 Å². The van der Waals surface area contributed by atoms with E-state index in [1.165, 1.54) is 6.33 Å². The van der Waals surface area contributed by atoms with Crippen molar-refractivity contribution in [1.82, 2.24) is 25.7 Å². The lowest BCUT2D eigenvalue weighted by Crippen LogP contribution is -2.23. The highest BCUT2D eigenvalue weighted by molar-refractivity contribution is 5.75. The second-order valence-electron chi connectivity index (χ2n) is 4.35. The number of terminal acetylenes is 1. The Hall–Kier alpha value is -2.85. The Labute approximate surface area is 128 Å². The van der Waals surface area contributed by atoms with Gasteiger partial charge in [0.05, 0.1) is 13.0 Å². The molecule has 1 amide bonds. The third-order valence-electron chi connectivity index (χ3n) is 2.77. The first-order chi connectivity index (χ1) is 10.8. The van der Waals surface area contributed by atoms with Crippen LogP contribution in [0.5, 0.6) is 0 Å². The molecule has 0 fully saturated rings. The summed E-state index contributed by atoms with van der Waals surface area (Å²) in [5, 5.41) is 17.9. The molecule has 1 N–H and O–H groups in total. The molecule has 7 nitrogen and oxygen atoms in total. The van der Waals surface area contributed by atoms with Crippen LogP contribution in [0.1, 0.15) is 12.0 Å². The van der Waals surface area contributed by atoms with Crippen LogP contribution in [-0.4, -0.2) is 39.5 Å². The zero-order valence-electron chi connectivity index (χ0n) is 11.9. The quantitative estimate of drug-likeness (QED) is 0.594. The number of carbonyl (C=O) groups is 1. The van der Waals surface area contributed by atoms with E-state index in [4.69, 9.17) is 11.2 Å². The van der Waals surface area contributed by atoms with Crippen molar-refractivity contribution in [1.29, 1.82) is 0 Å². The number of hydrogen-bond donors (Lipinski definition) is 1. The van der Waals surface area contributed by atoms with E-state index in [9.17, 15) is 4.79 Å². The van der Waals surface area contributed by atoms with Gasteiger partial charge in [-0.3, -0.25) is 4.79 Å². The molecular weight excluding hydrogens is 282 g/mol. The van der Waals surface area contributed by atoms with Crippen molar-refractivity contribution in [2.75, 3.05) is 13.2 Å². The van der Waals surface area contributed by atoms with Gasteiger partial charge in [0.25, 0.3) is 0 Å². The number of nitrogens with zero attached hydrogens (tertiary/aromatic N) is 4. The molecule has 1 heterocycles. The topological polar surface area (TPSA) is 89.9 Å². The number of hydrogen-bond acceptors (Lipinski definition) is 6. The molecule has 0 aliphatic carbocycles. The highest BCUT2D eigenvalue weighted by Crippen LogP contribution is 2.13. The number of benzene rings is 1. The molecule has 1 aromatic carbocycles. The maximum Gasteiger partial charge on any atom is 0.222 e. The summed E-state index contributed by atoms with van der Waals surface area (Å²) in [5.74, 6) is 2.72. The maximum atomic E-state index is 11.6. The van der Waals surface area contributed by atoms with Crippen molar-refractivity contribution < 1.29 is 9.53 Å². The Morgan fingerprint density at radius 1 is 1.23 bits per heavy atom. The number of carbonyl (C=O) groups excluding carboxylic acids is 1. The Morgan fingerprint density at radius 3 is 2.64 bits per heavy atom. The summed E-state index contributed by atoms with van der Waals surface area (Å²) < 4.78 is 5.05. The minimum absolute atomic E-state index is 0.0825. The molecule has 0 unspecified atom stereocenters. The molecule has 112 valence electrons. The van der Waals surface area contributed by atoms with E-state index in [0.717, 1.165) is 11.1 Å². The third-order valence-corrected chi connectivity index (χ3v) is 2.77. The van der Waals surface area contributed by atoms with Crippen molar-refractivity contribution in [2.24, 2.45) is 0 Å². The Kier molecular flexibility index (Phi) is 5.96. The van der Waals surface area contributed by atoms with Crippen molar-refractivity contribution in [3.05, 3.63) is 36.2 Å². The van der Waals surface area contributed by atoms with Crippen LogP contribution in [0.3, 0.4) is 0 Å². The summed E-state index contributed by atoms with van der Waals surface area (Å²) in [5.41, 5.74) is 1.79. The van der Waals surface area contributed by atoms with Crippen LogP contribution in [0.2, 0.25) is 0 Å². The summed E-state index contributed by atoms with van der Waals surface area (Å²) in [6, 6.07) is 7.49. The van der Waals surface area contributed by atoms with Crippen molar-refractivity contribution in [3.63, 3.8) is 0 Å². The minimum Gasteiger partial charge on any atom is -0.368 e. The molecule has 7 heteroatoms. The Balaban J connectivity index is 1.80. The molecule has 0 spiro atoms. The summed E-state index contributed by atoms with van der Waals surface area (Å²) in [6.07, 6.45) is 6.61.